The Morgan fingerprint density at radius 2 is 1.76 bits per heavy atom. The Labute approximate surface area is 216 Å². The lowest BCUT2D eigenvalue weighted by Crippen LogP contribution is -2.54. The summed E-state index contributed by atoms with van der Waals surface area (Å²) in [5, 5.41) is 6.85. The van der Waals surface area contributed by atoms with Crippen molar-refractivity contribution in [1.82, 2.24) is 5.16 Å². The topological polar surface area (TPSA) is 99.9 Å². The minimum Gasteiger partial charge on any atom is -0.469 e. The highest BCUT2D eigenvalue weighted by Gasteiger charge is 2.51. The first kappa shape index (κ1) is 25.0. The Balaban J connectivity index is 1.23. The fraction of sp³-hybridized carbons (Fsp3) is 0.414. The van der Waals surface area contributed by atoms with Crippen molar-refractivity contribution < 1.29 is 28.3 Å². The van der Waals surface area contributed by atoms with Crippen LogP contribution in [0.4, 0.5) is 10.5 Å². The van der Waals surface area contributed by atoms with Gasteiger partial charge in [-0.05, 0) is 43.7 Å². The standard InChI is InChI=1S/C29H32N2O6/c1-20-25(30-27(33)35-17-12-21-6-4-3-5-7-21)26(37-31-20)22-8-10-23(11-9-22)28-13-15-29(16-14-28,36-19-28)18-24(32)34-2/h3-11H,12-19H2,1-2H3,(H,30,33). The number of amides is 1. The highest BCUT2D eigenvalue weighted by molar-refractivity contribution is 5.90. The van der Waals surface area contributed by atoms with Crippen molar-refractivity contribution in [3.63, 3.8) is 0 Å². The van der Waals surface area contributed by atoms with Crippen molar-refractivity contribution in [2.24, 2.45) is 0 Å². The fourth-order valence-electron chi connectivity index (χ4n) is 5.43. The zero-order chi connectivity index (χ0) is 25.9. The van der Waals surface area contributed by atoms with Gasteiger partial charge in [-0.15, -0.1) is 0 Å². The van der Waals surface area contributed by atoms with Crippen LogP contribution < -0.4 is 5.32 Å². The molecule has 1 amide bonds. The average Bonchev–Trinajstić information content (AvgIpc) is 3.29. The molecule has 2 bridgehead atoms. The van der Waals surface area contributed by atoms with Crippen LogP contribution in [-0.4, -0.2) is 43.1 Å². The summed E-state index contributed by atoms with van der Waals surface area (Å²) in [5.74, 6) is 0.271. The van der Waals surface area contributed by atoms with E-state index in [1.165, 1.54) is 12.7 Å². The van der Waals surface area contributed by atoms with E-state index in [9.17, 15) is 9.59 Å². The molecule has 0 unspecified atom stereocenters. The number of aryl methyl sites for hydroxylation is 1. The summed E-state index contributed by atoms with van der Waals surface area (Å²) in [6.07, 6.45) is 4.01. The second-order valence-corrected chi connectivity index (χ2v) is 10.1. The largest absolute Gasteiger partial charge is 0.469 e. The lowest BCUT2D eigenvalue weighted by molar-refractivity contribution is -0.176. The summed E-state index contributed by atoms with van der Waals surface area (Å²) < 4.78 is 22.1. The third-order valence-electron chi connectivity index (χ3n) is 7.78. The quantitative estimate of drug-likeness (QED) is 0.400. The zero-order valence-corrected chi connectivity index (χ0v) is 21.2. The highest BCUT2D eigenvalue weighted by atomic mass is 16.5. The fourth-order valence-corrected chi connectivity index (χ4v) is 5.43. The number of benzene rings is 2. The first-order chi connectivity index (χ1) is 17.9. The Morgan fingerprint density at radius 1 is 1.03 bits per heavy atom. The average molecular weight is 505 g/mol. The van der Waals surface area contributed by atoms with Crippen LogP contribution in [0.2, 0.25) is 0 Å². The third kappa shape index (κ3) is 5.25. The van der Waals surface area contributed by atoms with Crippen molar-refractivity contribution in [3.05, 3.63) is 71.4 Å². The van der Waals surface area contributed by atoms with Gasteiger partial charge in [0.05, 0.1) is 32.3 Å². The second-order valence-electron chi connectivity index (χ2n) is 10.1. The van der Waals surface area contributed by atoms with Gasteiger partial charge in [0.2, 0.25) is 0 Å². The van der Waals surface area contributed by atoms with Crippen molar-refractivity contribution in [2.75, 3.05) is 25.6 Å². The summed E-state index contributed by atoms with van der Waals surface area (Å²) >= 11 is 0. The molecule has 1 saturated carbocycles. The maximum absolute atomic E-state index is 12.4. The summed E-state index contributed by atoms with van der Waals surface area (Å²) in [7, 11) is 1.42. The molecule has 1 N–H and O–H groups in total. The van der Waals surface area contributed by atoms with E-state index in [1.54, 1.807) is 6.92 Å². The number of hydrogen-bond acceptors (Lipinski definition) is 7. The maximum Gasteiger partial charge on any atom is 0.411 e. The molecule has 3 heterocycles. The third-order valence-corrected chi connectivity index (χ3v) is 7.78. The van der Waals surface area contributed by atoms with Crippen LogP contribution in [0.15, 0.2) is 59.1 Å². The lowest BCUT2D eigenvalue weighted by atomic mass is 9.62. The molecule has 0 spiro atoms. The van der Waals surface area contributed by atoms with E-state index in [-0.39, 0.29) is 23.6 Å². The number of anilines is 1. The molecule has 8 nitrogen and oxygen atoms in total. The minimum atomic E-state index is -0.545. The number of carbonyl (C=O) groups is 2. The molecule has 3 fully saturated rings. The Bertz CT molecular complexity index is 1230. The molecular formula is C29H32N2O6. The number of ether oxygens (including phenoxy) is 3. The lowest BCUT2D eigenvalue weighted by Gasteiger charge is -2.53. The van der Waals surface area contributed by atoms with Gasteiger partial charge in [-0.25, -0.2) is 4.79 Å². The number of hydrogen-bond donors (Lipinski definition) is 1. The maximum atomic E-state index is 12.4. The van der Waals surface area contributed by atoms with Crippen molar-refractivity contribution in [3.8, 4) is 11.3 Å². The van der Waals surface area contributed by atoms with Gasteiger partial charge < -0.3 is 18.7 Å². The van der Waals surface area contributed by atoms with Gasteiger partial charge in [-0.2, -0.15) is 0 Å². The summed E-state index contributed by atoms with van der Waals surface area (Å²) in [6.45, 7) is 2.64. The number of nitrogens with zero attached hydrogens (tertiary/aromatic N) is 1. The SMILES string of the molecule is COC(=O)CC12CCC(c3ccc(-c4onc(C)c4NC(=O)OCCc4ccccc4)cc3)(CC1)CO2. The van der Waals surface area contributed by atoms with E-state index in [1.807, 2.05) is 42.5 Å². The monoisotopic (exact) mass is 504 g/mol. The predicted molar refractivity (Wildman–Crippen MR) is 137 cm³/mol. The first-order valence-corrected chi connectivity index (χ1v) is 12.7. The molecule has 8 heteroatoms. The van der Waals surface area contributed by atoms with Crippen molar-refractivity contribution in [2.45, 2.75) is 56.5 Å². The number of nitrogens with one attached hydrogen (secondary N) is 1. The molecule has 0 atom stereocenters. The van der Waals surface area contributed by atoms with Gasteiger partial charge in [-0.3, -0.25) is 10.1 Å². The number of carbonyl (C=O) groups excluding carboxylic acids is 2. The van der Waals surface area contributed by atoms with E-state index in [4.69, 9.17) is 18.7 Å². The van der Waals surface area contributed by atoms with Gasteiger partial charge in [0.1, 0.15) is 11.4 Å². The van der Waals surface area contributed by atoms with Crippen molar-refractivity contribution in [1.29, 1.82) is 0 Å². The van der Waals surface area contributed by atoms with Crippen LogP contribution in [0, 0.1) is 6.92 Å². The summed E-state index contributed by atoms with van der Waals surface area (Å²) in [4.78, 5) is 24.3. The molecule has 1 aliphatic carbocycles. The molecule has 1 aromatic heterocycles. The molecule has 0 radical (unpaired) electrons. The Morgan fingerprint density at radius 3 is 2.41 bits per heavy atom. The van der Waals surface area contributed by atoms with Crippen molar-refractivity contribution >= 4 is 17.7 Å². The molecule has 37 heavy (non-hydrogen) atoms. The van der Waals surface area contributed by atoms with E-state index in [2.05, 4.69) is 22.6 Å². The van der Waals surface area contributed by atoms with Crippen LogP contribution in [0.25, 0.3) is 11.3 Å². The van der Waals surface area contributed by atoms with E-state index in [0.29, 0.717) is 36.6 Å². The van der Waals surface area contributed by atoms with E-state index < -0.39 is 6.09 Å². The molecule has 2 saturated heterocycles. The molecule has 2 aromatic carbocycles. The number of rotatable bonds is 8. The molecule has 3 aliphatic rings. The highest BCUT2D eigenvalue weighted by Crippen LogP contribution is 2.51. The smallest absolute Gasteiger partial charge is 0.411 e. The summed E-state index contributed by atoms with van der Waals surface area (Å²) in [5.41, 5.74) is 3.75. The second kappa shape index (κ2) is 10.4. The molecular weight excluding hydrogens is 472 g/mol. The molecule has 3 aromatic rings. The predicted octanol–water partition coefficient (Wildman–Crippen LogP) is 5.59. The van der Waals surface area contributed by atoms with Crippen LogP contribution in [0.3, 0.4) is 0 Å². The first-order valence-electron chi connectivity index (χ1n) is 12.7. The molecule has 6 rings (SSSR count). The van der Waals surface area contributed by atoms with Gasteiger partial charge in [0.25, 0.3) is 0 Å². The summed E-state index contributed by atoms with van der Waals surface area (Å²) in [6, 6.07) is 18.0. The number of aromatic nitrogens is 1. The number of esters is 1. The Hall–Kier alpha value is -3.65. The van der Waals surface area contributed by atoms with E-state index >= 15 is 0 Å². The van der Waals surface area contributed by atoms with Crippen LogP contribution in [0.5, 0.6) is 0 Å². The Kier molecular flexibility index (Phi) is 7.02. The zero-order valence-electron chi connectivity index (χ0n) is 21.2. The molecule has 194 valence electrons. The van der Waals surface area contributed by atoms with E-state index in [0.717, 1.165) is 36.8 Å². The minimum absolute atomic E-state index is 0.0582. The number of methoxy groups -OCH3 is 1. The number of fused-ring (bicyclic) bond motifs is 3. The van der Waals surface area contributed by atoms with Crippen LogP contribution in [-0.2, 0) is 30.8 Å². The van der Waals surface area contributed by atoms with Crippen LogP contribution in [0.1, 0.15) is 48.9 Å². The van der Waals surface area contributed by atoms with Gasteiger partial charge >= 0.3 is 12.1 Å². The van der Waals surface area contributed by atoms with Gasteiger partial charge in [-0.1, -0.05) is 59.8 Å². The van der Waals surface area contributed by atoms with Gasteiger partial charge in [0.15, 0.2) is 5.76 Å². The van der Waals surface area contributed by atoms with Gasteiger partial charge in [0, 0.05) is 17.4 Å². The molecule has 2 aliphatic heterocycles. The van der Waals surface area contributed by atoms with Crippen LogP contribution >= 0.6 is 0 Å². The normalized spacial score (nSPS) is 22.4.